The molecule has 1 heterocycles. The van der Waals surface area contributed by atoms with Crippen molar-refractivity contribution in [2.75, 3.05) is 7.11 Å². The quantitative estimate of drug-likeness (QED) is 0.506. The standard InChI is InChI=1S/C28H36O5/c1-6-7-20-21(29)13-18(14-22(20)30)9-8-17-12-19-16-24-27(2,3)25(31)10-11-28(24,4)33-26(19)23(15-17)32-5/h8-9,12-15,24-25,29-31H,6-7,10-11,16H2,1-5H3/b9-8+/t24-,25-,28-/m1/s1. The molecule has 0 amide bonds. The van der Waals surface area contributed by atoms with E-state index in [1.165, 1.54) is 0 Å². The average Bonchev–Trinajstić information content (AvgIpc) is 2.76. The zero-order valence-corrected chi connectivity index (χ0v) is 20.3. The van der Waals surface area contributed by atoms with Gasteiger partial charge in [0.05, 0.1) is 13.2 Å². The monoisotopic (exact) mass is 452 g/mol. The van der Waals surface area contributed by atoms with Crippen LogP contribution in [-0.4, -0.2) is 34.1 Å². The topological polar surface area (TPSA) is 79.2 Å². The van der Waals surface area contributed by atoms with Crippen LogP contribution in [0.3, 0.4) is 0 Å². The van der Waals surface area contributed by atoms with Gasteiger partial charge in [0.25, 0.3) is 0 Å². The minimum Gasteiger partial charge on any atom is -0.508 e. The second kappa shape index (κ2) is 8.60. The van der Waals surface area contributed by atoms with Crippen LogP contribution in [0.1, 0.15) is 69.2 Å². The Kier molecular flexibility index (Phi) is 6.12. The van der Waals surface area contributed by atoms with Gasteiger partial charge in [-0.2, -0.15) is 0 Å². The number of phenolic OH excluding ortho intramolecular Hbond substituents is 2. The third-order valence-electron chi connectivity index (χ3n) is 7.73. The summed E-state index contributed by atoms with van der Waals surface area (Å²) in [7, 11) is 1.65. The summed E-state index contributed by atoms with van der Waals surface area (Å²) in [6.45, 7) is 8.44. The predicted octanol–water partition coefficient (Wildman–Crippen LogP) is 5.72. The number of phenols is 2. The highest BCUT2D eigenvalue weighted by Crippen LogP contribution is 2.55. The van der Waals surface area contributed by atoms with E-state index >= 15 is 0 Å². The van der Waals surface area contributed by atoms with E-state index in [4.69, 9.17) is 9.47 Å². The Morgan fingerprint density at radius 2 is 1.70 bits per heavy atom. The fraction of sp³-hybridized carbons (Fsp3) is 0.500. The van der Waals surface area contributed by atoms with Crippen molar-refractivity contribution in [1.82, 2.24) is 0 Å². The first-order valence-electron chi connectivity index (χ1n) is 11.9. The lowest BCUT2D eigenvalue weighted by atomic mass is 9.57. The van der Waals surface area contributed by atoms with E-state index in [9.17, 15) is 15.3 Å². The van der Waals surface area contributed by atoms with Crippen molar-refractivity contribution >= 4 is 12.2 Å². The molecular formula is C28H36O5. The summed E-state index contributed by atoms with van der Waals surface area (Å²) >= 11 is 0. The van der Waals surface area contributed by atoms with E-state index in [1.54, 1.807) is 19.2 Å². The molecule has 1 fully saturated rings. The molecule has 33 heavy (non-hydrogen) atoms. The summed E-state index contributed by atoms with van der Waals surface area (Å²) in [6, 6.07) is 7.41. The second-order valence-corrected chi connectivity index (χ2v) is 10.4. The minimum absolute atomic E-state index is 0.116. The van der Waals surface area contributed by atoms with Gasteiger partial charge >= 0.3 is 0 Å². The lowest BCUT2D eigenvalue weighted by Crippen LogP contribution is -2.58. The molecule has 2 aromatic carbocycles. The molecule has 5 nitrogen and oxygen atoms in total. The minimum atomic E-state index is -0.346. The van der Waals surface area contributed by atoms with Gasteiger partial charge in [-0.1, -0.05) is 39.3 Å². The van der Waals surface area contributed by atoms with E-state index in [1.807, 2.05) is 25.1 Å². The Balaban J connectivity index is 1.68. The normalized spacial score (nSPS) is 25.9. The molecule has 0 saturated heterocycles. The Morgan fingerprint density at radius 1 is 1.06 bits per heavy atom. The van der Waals surface area contributed by atoms with Gasteiger partial charge in [0.1, 0.15) is 17.1 Å². The summed E-state index contributed by atoms with van der Waals surface area (Å²) in [5.74, 6) is 1.90. The number of hydrogen-bond acceptors (Lipinski definition) is 5. The van der Waals surface area contributed by atoms with Crippen molar-refractivity contribution in [2.24, 2.45) is 11.3 Å². The maximum atomic E-state index is 10.7. The number of methoxy groups -OCH3 is 1. The molecule has 0 radical (unpaired) electrons. The van der Waals surface area contributed by atoms with Crippen molar-refractivity contribution in [2.45, 2.75) is 71.5 Å². The van der Waals surface area contributed by atoms with Crippen LogP contribution in [0.15, 0.2) is 24.3 Å². The number of fused-ring (bicyclic) bond motifs is 2. The summed E-state index contributed by atoms with van der Waals surface area (Å²) in [5, 5.41) is 31.3. The molecule has 3 N–H and O–H groups in total. The molecule has 1 aliphatic heterocycles. The van der Waals surface area contributed by atoms with Crippen LogP contribution in [-0.2, 0) is 12.8 Å². The maximum Gasteiger partial charge on any atom is 0.165 e. The zero-order valence-electron chi connectivity index (χ0n) is 20.3. The van der Waals surface area contributed by atoms with Gasteiger partial charge in [-0.3, -0.25) is 0 Å². The summed E-state index contributed by atoms with van der Waals surface area (Å²) in [4.78, 5) is 0. The van der Waals surface area contributed by atoms with Gasteiger partial charge in [0.2, 0.25) is 0 Å². The lowest BCUT2D eigenvalue weighted by Gasteiger charge is -2.55. The Hall–Kier alpha value is -2.66. The van der Waals surface area contributed by atoms with Crippen molar-refractivity contribution in [3.05, 3.63) is 46.5 Å². The van der Waals surface area contributed by atoms with Crippen molar-refractivity contribution in [3.63, 3.8) is 0 Å². The van der Waals surface area contributed by atoms with Crippen molar-refractivity contribution in [3.8, 4) is 23.0 Å². The van der Waals surface area contributed by atoms with Crippen molar-refractivity contribution < 1.29 is 24.8 Å². The molecule has 1 saturated carbocycles. The van der Waals surface area contributed by atoms with Crippen LogP contribution < -0.4 is 9.47 Å². The fourth-order valence-electron chi connectivity index (χ4n) is 5.70. The summed E-state index contributed by atoms with van der Waals surface area (Å²) in [6.07, 6.45) is 7.31. The number of aromatic hydroxyl groups is 2. The molecule has 0 bridgehead atoms. The van der Waals surface area contributed by atoms with Gasteiger partial charge in [-0.05, 0) is 79.0 Å². The van der Waals surface area contributed by atoms with Crippen molar-refractivity contribution in [1.29, 1.82) is 0 Å². The number of aliphatic hydroxyl groups is 1. The second-order valence-electron chi connectivity index (χ2n) is 10.4. The number of ether oxygens (including phenoxy) is 2. The first-order chi connectivity index (χ1) is 15.6. The predicted molar refractivity (Wildman–Crippen MR) is 131 cm³/mol. The highest BCUT2D eigenvalue weighted by Gasteiger charge is 2.54. The molecule has 178 valence electrons. The summed E-state index contributed by atoms with van der Waals surface area (Å²) in [5.41, 5.74) is 2.74. The molecular weight excluding hydrogens is 416 g/mol. The van der Waals surface area contributed by atoms with Gasteiger partial charge in [0, 0.05) is 11.5 Å². The Labute approximate surface area is 196 Å². The van der Waals surface area contributed by atoms with E-state index in [2.05, 4.69) is 26.8 Å². The molecule has 5 heteroatoms. The molecule has 0 spiro atoms. The van der Waals surface area contributed by atoms with Gasteiger partial charge in [-0.15, -0.1) is 0 Å². The van der Waals surface area contributed by atoms with Crippen LogP contribution in [0, 0.1) is 11.3 Å². The van der Waals surface area contributed by atoms with E-state index in [0.717, 1.165) is 48.1 Å². The third-order valence-corrected chi connectivity index (χ3v) is 7.73. The van der Waals surface area contributed by atoms with E-state index in [-0.39, 0.29) is 34.5 Å². The van der Waals surface area contributed by atoms with Gasteiger partial charge in [-0.25, -0.2) is 0 Å². The van der Waals surface area contributed by atoms with Crippen LogP contribution in [0.2, 0.25) is 0 Å². The van der Waals surface area contributed by atoms with Crippen LogP contribution in [0.4, 0.5) is 0 Å². The SMILES string of the molecule is CCCc1c(O)cc(/C=C/c2cc3c(c(OC)c2)O[C@]2(C)CC[C@@H](O)C(C)(C)[C@H]2C3)cc1O. The first-order valence-corrected chi connectivity index (χ1v) is 11.9. The lowest BCUT2D eigenvalue weighted by molar-refractivity contribution is -0.138. The first kappa shape index (κ1) is 23.5. The highest BCUT2D eigenvalue weighted by molar-refractivity contribution is 5.73. The molecule has 4 rings (SSSR count). The molecule has 0 unspecified atom stereocenters. The molecule has 1 aliphatic carbocycles. The fourth-order valence-corrected chi connectivity index (χ4v) is 5.70. The van der Waals surface area contributed by atoms with Gasteiger partial charge < -0.3 is 24.8 Å². The van der Waals surface area contributed by atoms with Gasteiger partial charge in [0.15, 0.2) is 11.5 Å². The average molecular weight is 453 g/mol. The number of hydrogen-bond donors (Lipinski definition) is 3. The summed E-state index contributed by atoms with van der Waals surface area (Å²) < 4.78 is 12.3. The van der Waals surface area contributed by atoms with Crippen LogP contribution in [0.5, 0.6) is 23.0 Å². The molecule has 0 aromatic heterocycles. The number of aliphatic hydroxyl groups excluding tert-OH is 1. The zero-order chi connectivity index (χ0) is 24.0. The Bertz CT molecular complexity index is 1050. The third kappa shape index (κ3) is 4.19. The molecule has 2 aromatic rings. The maximum absolute atomic E-state index is 10.7. The smallest absolute Gasteiger partial charge is 0.165 e. The molecule has 3 atom stereocenters. The van der Waals surface area contributed by atoms with Crippen LogP contribution >= 0.6 is 0 Å². The van der Waals surface area contributed by atoms with E-state index in [0.29, 0.717) is 17.7 Å². The Morgan fingerprint density at radius 3 is 2.30 bits per heavy atom. The largest absolute Gasteiger partial charge is 0.508 e. The van der Waals surface area contributed by atoms with E-state index < -0.39 is 0 Å². The molecule has 2 aliphatic rings. The number of benzene rings is 2. The number of rotatable bonds is 5. The van der Waals surface area contributed by atoms with Crippen LogP contribution in [0.25, 0.3) is 12.2 Å². The highest BCUT2D eigenvalue weighted by atomic mass is 16.5.